The lowest BCUT2D eigenvalue weighted by Gasteiger charge is -2.45. The lowest BCUT2D eigenvalue weighted by molar-refractivity contribution is -0.211. The van der Waals surface area contributed by atoms with Crippen LogP contribution in [0.2, 0.25) is 0 Å². The molecule has 1 heterocycles. The minimum absolute atomic E-state index is 0.0668. The Labute approximate surface area is 146 Å². The average Bonchev–Trinajstić information content (AvgIpc) is 2.69. The van der Waals surface area contributed by atoms with Gasteiger partial charge in [0.25, 0.3) is 0 Å². The van der Waals surface area contributed by atoms with E-state index in [2.05, 4.69) is 0 Å². The van der Waals surface area contributed by atoms with Crippen LogP contribution in [0.15, 0.2) is 96.6 Å². The number of hydrogen-bond acceptors (Lipinski definition) is 3. The van der Waals surface area contributed by atoms with Gasteiger partial charge in [0, 0.05) is 12.7 Å². The molecule has 0 saturated heterocycles. The largest absolute Gasteiger partial charge is 0.346 e. The Morgan fingerprint density at radius 1 is 0.840 bits per heavy atom. The van der Waals surface area contributed by atoms with Crippen LogP contribution in [-0.4, -0.2) is 18.7 Å². The number of allylic oxidation sites excluding steroid dienone is 2. The maximum Gasteiger partial charge on any atom is 0.216 e. The van der Waals surface area contributed by atoms with Crippen LogP contribution in [0.5, 0.6) is 0 Å². The third kappa shape index (κ3) is 2.49. The van der Waals surface area contributed by atoms with Gasteiger partial charge >= 0.3 is 0 Å². The van der Waals surface area contributed by atoms with Crippen LogP contribution in [0.25, 0.3) is 0 Å². The molecule has 2 aliphatic rings. The molecule has 124 valence electrons. The monoisotopic (exact) mass is 330 g/mol. The van der Waals surface area contributed by atoms with Crippen LogP contribution >= 0.6 is 0 Å². The summed E-state index contributed by atoms with van der Waals surface area (Å²) in [5, 5.41) is 0. The smallest absolute Gasteiger partial charge is 0.216 e. The standard InChI is InChI=1S/C22H18O3/c1-24-22-15-13-20(23)16-19(22)12-14-21(25-22,17-8-4-2-5-9-17)18-10-6-3-7-11-18/h2-16H,1H3. The van der Waals surface area contributed by atoms with Gasteiger partial charge < -0.3 is 9.47 Å². The molecule has 0 spiro atoms. The van der Waals surface area contributed by atoms with E-state index in [0.29, 0.717) is 5.57 Å². The third-order valence-electron chi connectivity index (χ3n) is 4.69. The van der Waals surface area contributed by atoms with Crippen LogP contribution in [0.3, 0.4) is 0 Å². The van der Waals surface area contributed by atoms with Crippen molar-refractivity contribution in [3.8, 4) is 0 Å². The SMILES string of the molecule is COC12C=CC(=O)C=C1C=CC(c1ccccc1)(c1ccccc1)O2. The molecule has 0 N–H and O–H groups in total. The van der Waals surface area contributed by atoms with Crippen LogP contribution in [0.1, 0.15) is 11.1 Å². The molecule has 2 aromatic carbocycles. The molecule has 1 aliphatic carbocycles. The van der Waals surface area contributed by atoms with Crippen molar-refractivity contribution < 1.29 is 14.3 Å². The summed E-state index contributed by atoms with van der Waals surface area (Å²) in [6.07, 6.45) is 8.66. The van der Waals surface area contributed by atoms with E-state index < -0.39 is 11.4 Å². The first-order valence-corrected chi connectivity index (χ1v) is 8.19. The van der Waals surface area contributed by atoms with E-state index in [-0.39, 0.29) is 5.78 Å². The zero-order valence-electron chi connectivity index (χ0n) is 13.9. The number of ether oxygens (including phenoxy) is 2. The summed E-state index contributed by atoms with van der Waals surface area (Å²) in [4.78, 5) is 11.8. The van der Waals surface area contributed by atoms with Crippen molar-refractivity contribution in [3.63, 3.8) is 0 Å². The summed E-state index contributed by atoms with van der Waals surface area (Å²) in [5.74, 6) is -1.16. The topological polar surface area (TPSA) is 35.5 Å². The van der Waals surface area contributed by atoms with Gasteiger partial charge in [0.05, 0.1) is 0 Å². The molecule has 1 atom stereocenters. The molecule has 1 unspecified atom stereocenters. The molecule has 0 radical (unpaired) electrons. The minimum atomic E-state index is -1.09. The van der Waals surface area contributed by atoms with Gasteiger partial charge in [-0.2, -0.15) is 0 Å². The maximum atomic E-state index is 11.8. The van der Waals surface area contributed by atoms with Gasteiger partial charge in [-0.3, -0.25) is 4.79 Å². The van der Waals surface area contributed by atoms with Gasteiger partial charge in [-0.25, -0.2) is 0 Å². The van der Waals surface area contributed by atoms with Crippen LogP contribution in [-0.2, 0) is 19.9 Å². The average molecular weight is 330 g/mol. The van der Waals surface area contributed by atoms with E-state index in [9.17, 15) is 4.79 Å². The van der Waals surface area contributed by atoms with E-state index in [1.54, 1.807) is 19.3 Å². The fourth-order valence-corrected chi connectivity index (χ4v) is 3.40. The van der Waals surface area contributed by atoms with Crippen molar-refractivity contribution in [1.82, 2.24) is 0 Å². The summed E-state index contributed by atoms with van der Waals surface area (Å²) in [6.45, 7) is 0. The zero-order valence-corrected chi connectivity index (χ0v) is 13.9. The second kappa shape index (κ2) is 5.96. The summed E-state index contributed by atoms with van der Waals surface area (Å²) in [6, 6.07) is 20.0. The first-order valence-electron chi connectivity index (χ1n) is 8.19. The van der Waals surface area contributed by atoms with Crippen molar-refractivity contribution in [2.24, 2.45) is 0 Å². The fraction of sp³-hybridized carbons (Fsp3) is 0.136. The molecule has 3 heteroatoms. The second-order valence-corrected chi connectivity index (χ2v) is 6.11. The molecule has 0 aromatic heterocycles. The first-order chi connectivity index (χ1) is 12.2. The van der Waals surface area contributed by atoms with E-state index in [4.69, 9.17) is 9.47 Å². The normalized spacial score (nSPS) is 23.9. The number of rotatable bonds is 3. The van der Waals surface area contributed by atoms with Crippen molar-refractivity contribution in [3.05, 3.63) is 108 Å². The number of benzene rings is 2. The highest BCUT2D eigenvalue weighted by atomic mass is 16.7. The summed E-state index contributed by atoms with van der Waals surface area (Å²) >= 11 is 0. The van der Waals surface area contributed by atoms with Gasteiger partial charge in [0.1, 0.15) is 5.60 Å². The van der Waals surface area contributed by atoms with Crippen molar-refractivity contribution >= 4 is 5.78 Å². The Morgan fingerprint density at radius 3 is 2.00 bits per heavy atom. The molecule has 1 aliphatic heterocycles. The van der Waals surface area contributed by atoms with E-state index in [0.717, 1.165) is 11.1 Å². The quantitative estimate of drug-likeness (QED) is 0.855. The van der Waals surface area contributed by atoms with Crippen molar-refractivity contribution in [2.75, 3.05) is 7.11 Å². The van der Waals surface area contributed by atoms with E-state index >= 15 is 0 Å². The zero-order chi connectivity index (χ0) is 17.3. The molecule has 0 saturated carbocycles. The molecule has 25 heavy (non-hydrogen) atoms. The molecule has 0 fully saturated rings. The highest BCUT2D eigenvalue weighted by Gasteiger charge is 2.48. The molecular weight excluding hydrogens is 312 g/mol. The number of methoxy groups -OCH3 is 1. The Morgan fingerprint density at radius 2 is 1.44 bits per heavy atom. The highest BCUT2D eigenvalue weighted by Crippen LogP contribution is 2.46. The van der Waals surface area contributed by atoms with Gasteiger partial charge in [-0.15, -0.1) is 0 Å². The molecular formula is C22H18O3. The minimum Gasteiger partial charge on any atom is -0.346 e. The number of carbonyl (C=O) groups excluding carboxylic acids is 1. The number of ketones is 1. The second-order valence-electron chi connectivity index (χ2n) is 6.11. The number of fused-ring (bicyclic) bond motifs is 1. The Kier molecular flexibility index (Phi) is 3.75. The van der Waals surface area contributed by atoms with Crippen LogP contribution in [0, 0.1) is 0 Å². The van der Waals surface area contributed by atoms with Gasteiger partial charge in [0.2, 0.25) is 5.79 Å². The lowest BCUT2D eigenvalue weighted by Crippen LogP contribution is -2.47. The van der Waals surface area contributed by atoms with Gasteiger partial charge in [0.15, 0.2) is 5.78 Å². The van der Waals surface area contributed by atoms with E-state index in [1.165, 1.54) is 6.08 Å². The molecule has 3 nitrogen and oxygen atoms in total. The maximum absolute atomic E-state index is 11.8. The summed E-state index contributed by atoms with van der Waals surface area (Å²) in [7, 11) is 1.59. The Bertz CT molecular complexity index is 839. The molecule has 0 bridgehead atoms. The number of carbonyl (C=O) groups is 1. The van der Waals surface area contributed by atoms with Crippen LogP contribution < -0.4 is 0 Å². The molecule has 2 aromatic rings. The number of hydrogen-bond donors (Lipinski definition) is 0. The highest BCUT2D eigenvalue weighted by molar-refractivity contribution is 6.01. The van der Waals surface area contributed by atoms with Gasteiger partial charge in [-0.05, 0) is 35.4 Å². The summed E-state index contributed by atoms with van der Waals surface area (Å²) in [5.41, 5.74) is 1.89. The van der Waals surface area contributed by atoms with Crippen molar-refractivity contribution in [2.45, 2.75) is 11.4 Å². The summed E-state index contributed by atoms with van der Waals surface area (Å²) < 4.78 is 12.4. The Balaban J connectivity index is 1.95. The van der Waals surface area contributed by atoms with Crippen LogP contribution in [0.4, 0.5) is 0 Å². The molecule has 0 amide bonds. The first kappa shape index (κ1) is 15.8. The fourth-order valence-electron chi connectivity index (χ4n) is 3.40. The van der Waals surface area contributed by atoms with E-state index in [1.807, 2.05) is 72.8 Å². The lowest BCUT2D eigenvalue weighted by atomic mass is 9.81. The predicted octanol–water partition coefficient (Wildman–Crippen LogP) is 3.92. The van der Waals surface area contributed by atoms with Gasteiger partial charge in [-0.1, -0.05) is 66.7 Å². The predicted molar refractivity (Wildman–Crippen MR) is 95.9 cm³/mol. The van der Waals surface area contributed by atoms with Crippen molar-refractivity contribution in [1.29, 1.82) is 0 Å². The third-order valence-corrected chi connectivity index (χ3v) is 4.69. The molecule has 4 rings (SSSR count). The Hall–Kier alpha value is -2.75.